The van der Waals surface area contributed by atoms with Crippen molar-refractivity contribution in [2.24, 2.45) is 0 Å². The maximum atomic E-state index is 13.3. The normalized spacial score (nSPS) is 12.4. The van der Waals surface area contributed by atoms with Gasteiger partial charge >= 0.3 is 0 Å². The lowest BCUT2D eigenvalue weighted by atomic mass is 9.98. The summed E-state index contributed by atoms with van der Waals surface area (Å²) in [7, 11) is 0. The van der Waals surface area contributed by atoms with Crippen molar-refractivity contribution < 1.29 is 4.39 Å². The van der Waals surface area contributed by atoms with E-state index in [-0.39, 0.29) is 11.1 Å². The molecule has 0 aliphatic carbocycles. The molecule has 0 heterocycles. The lowest BCUT2D eigenvalue weighted by Crippen LogP contribution is -2.23. The van der Waals surface area contributed by atoms with Gasteiger partial charge in [0.2, 0.25) is 0 Å². The Morgan fingerprint density at radius 3 is 2.50 bits per heavy atom. The number of halogens is 3. The number of nitrogens with one attached hydrogen (secondary N) is 1. The molecule has 1 unspecified atom stereocenters. The maximum Gasteiger partial charge on any atom is 0.141 e. The molecule has 20 heavy (non-hydrogen) atoms. The van der Waals surface area contributed by atoms with Gasteiger partial charge in [0.05, 0.1) is 11.1 Å². The van der Waals surface area contributed by atoms with Crippen LogP contribution in [0, 0.1) is 5.82 Å². The van der Waals surface area contributed by atoms with E-state index < -0.39 is 5.82 Å². The van der Waals surface area contributed by atoms with Gasteiger partial charge in [0.25, 0.3) is 0 Å². The summed E-state index contributed by atoms with van der Waals surface area (Å²) in [5, 5.41) is 4.23. The Hall–Kier alpha value is -1.09. The van der Waals surface area contributed by atoms with Crippen molar-refractivity contribution in [3.63, 3.8) is 0 Å². The van der Waals surface area contributed by atoms with Gasteiger partial charge in [-0.05, 0) is 42.3 Å². The first-order valence-corrected chi connectivity index (χ1v) is 7.31. The second kappa shape index (κ2) is 7.07. The van der Waals surface area contributed by atoms with Gasteiger partial charge in [-0.1, -0.05) is 54.4 Å². The average molecular weight is 312 g/mol. The second-order valence-electron chi connectivity index (χ2n) is 4.58. The van der Waals surface area contributed by atoms with Crippen LogP contribution in [0.1, 0.15) is 30.5 Å². The van der Waals surface area contributed by atoms with Crippen LogP contribution in [0.5, 0.6) is 0 Å². The first-order chi connectivity index (χ1) is 9.63. The molecule has 0 aromatic heterocycles. The fourth-order valence-corrected chi connectivity index (χ4v) is 2.53. The lowest BCUT2D eigenvalue weighted by molar-refractivity contribution is 0.593. The molecule has 0 radical (unpaired) electrons. The van der Waals surface area contributed by atoms with E-state index in [9.17, 15) is 4.39 Å². The second-order valence-corrected chi connectivity index (χ2v) is 5.40. The van der Waals surface area contributed by atoms with E-state index in [0.717, 1.165) is 24.1 Å². The van der Waals surface area contributed by atoms with E-state index in [4.69, 9.17) is 23.2 Å². The predicted octanol–water partition coefficient (Wildman–Crippen LogP) is 5.22. The third kappa shape index (κ3) is 3.51. The quantitative estimate of drug-likeness (QED) is 0.798. The molecule has 106 valence electrons. The van der Waals surface area contributed by atoms with E-state index in [0.29, 0.717) is 5.02 Å². The van der Waals surface area contributed by atoms with Gasteiger partial charge in [0.1, 0.15) is 5.82 Å². The molecule has 0 spiro atoms. The van der Waals surface area contributed by atoms with Crippen molar-refractivity contribution in [3.8, 4) is 0 Å². The van der Waals surface area contributed by atoms with Gasteiger partial charge in [0, 0.05) is 5.02 Å². The van der Waals surface area contributed by atoms with Crippen LogP contribution >= 0.6 is 23.2 Å². The summed E-state index contributed by atoms with van der Waals surface area (Å²) >= 11 is 12.2. The van der Waals surface area contributed by atoms with Gasteiger partial charge in [-0.25, -0.2) is 4.39 Å². The molecular formula is C16H16Cl2FN. The summed E-state index contributed by atoms with van der Waals surface area (Å²) in [5.41, 5.74) is 1.86. The highest BCUT2D eigenvalue weighted by atomic mass is 35.5. The fourth-order valence-electron chi connectivity index (χ4n) is 2.10. The molecule has 0 fully saturated rings. The van der Waals surface area contributed by atoms with Crippen LogP contribution in [0.25, 0.3) is 0 Å². The summed E-state index contributed by atoms with van der Waals surface area (Å²) in [5.74, 6) is -0.413. The van der Waals surface area contributed by atoms with E-state index in [1.165, 1.54) is 6.07 Å². The van der Waals surface area contributed by atoms with Gasteiger partial charge in [-0.2, -0.15) is 0 Å². The van der Waals surface area contributed by atoms with Crippen molar-refractivity contribution in [1.82, 2.24) is 5.32 Å². The van der Waals surface area contributed by atoms with Crippen molar-refractivity contribution in [2.45, 2.75) is 19.4 Å². The Balaban J connectivity index is 2.41. The molecule has 4 heteroatoms. The number of hydrogen-bond acceptors (Lipinski definition) is 1. The van der Waals surface area contributed by atoms with E-state index >= 15 is 0 Å². The molecule has 0 bridgehead atoms. The van der Waals surface area contributed by atoms with E-state index in [1.54, 1.807) is 12.1 Å². The Morgan fingerprint density at radius 1 is 1.10 bits per heavy atom. The van der Waals surface area contributed by atoms with E-state index in [2.05, 4.69) is 12.2 Å². The highest BCUT2D eigenvalue weighted by molar-refractivity contribution is 6.31. The van der Waals surface area contributed by atoms with E-state index in [1.807, 2.05) is 24.3 Å². The summed E-state index contributed by atoms with van der Waals surface area (Å²) in [6.45, 7) is 2.93. The summed E-state index contributed by atoms with van der Waals surface area (Å²) in [6, 6.07) is 12.3. The molecule has 1 N–H and O–H groups in total. The van der Waals surface area contributed by atoms with Gasteiger partial charge in [0.15, 0.2) is 0 Å². The zero-order valence-corrected chi connectivity index (χ0v) is 12.7. The standard InChI is InChI=1S/C16H16Cl2FN/c1-2-9-20-16(12-5-3-4-6-13(12)17)11-7-8-15(19)14(18)10-11/h3-8,10,16,20H,2,9H2,1H3. The Bertz CT molecular complexity index is 586. The van der Waals surface area contributed by atoms with Gasteiger partial charge < -0.3 is 5.32 Å². The first-order valence-electron chi connectivity index (χ1n) is 6.56. The summed E-state index contributed by atoms with van der Waals surface area (Å²) in [4.78, 5) is 0. The lowest BCUT2D eigenvalue weighted by Gasteiger charge is -2.21. The fraction of sp³-hybridized carbons (Fsp3) is 0.250. The van der Waals surface area contributed by atoms with Crippen LogP contribution in [-0.2, 0) is 0 Å². The molecular weight excluding hydrogens is 296 g/mol. The Kier molecular flexibility index (Phi) is 5.41. The smallest absolute Gasteiger partial charge is 0.141 e. The third-order valence-electron chi connectivity index (χ3n) is 3.09. The topological polar surface area (TPSA) is 12.0 Å². The van der Waals surface area contributed by atoms with Crippen molar-refractivity contribution >= 4 is 23.2 Å². The Morgan fingerprint density at radius 2 is 1.85 bits per heavy atom. The minimum atomic E-state index is -0.413. The molecule has 1 atom stereocenters. The SMILES string of the molecule is CCCNC(c1ccc(F)c(Cl)c1)c1ccccc1Cl. The number of rotatable bonds is 5. The molecule has 2 rings (SSSR count). The molecule has 2 aromatic carbocycles. The van der Waals surface area contributed by atoms with Crippen molar-refractivity contribution in [1.29, 1.82) is 0 Å². The van der Waals surface area contributed by atoms with Crippen LogP contribution < -0.4 is 5.32 Å². The van der Waals surface area contributed by atoms with Gasteiger partial charge in [-0.3, -0.25) is 0 Å². The average Bonchev–Trinajstić information content (AvgIpc) is 2.44. The Labute approximate surface area is 128 Å². The highest BCUT2D eigenvalue weighted by Gasteiger charge is 2.17. The number of benzene rings is 2. The summed E-state index contributed by atoms with van der Waals surface area (Å²) < 4.78 is 13.3. The molecule has 2 aromatic rings. The van der Waals surface area contributed by atoms with Crippen LogP contribution in [0.3, 0.4) is 0 Å². The molecule has 1 nitrogen and oxygen atoms in total. The van der Waals surface area contributed by atoms with Gasteiger partial charge in [-0.15, -0.1) is 0 Å². The number of hydrogen-bond donors (Lipinski definition) is 1. The van der Waals surface area contributed by atoms with Crippen LogP contribution in [0.15, 0.2) is 42.5 Å². The largest absolute Gasteiger partial charge is 0.306 e. The monoisotopic (exact) mass is 311 g/mol. The predicted molar refractivity (Wildman–Crippen MR) is 83.0 cm³/mol. The minimum Gasteiger partial charge on any atom is -0.306 e. The molecule has 0 saturated carbocycles. The first kappa shape index (κ1) is 15.3. The van der Waals surface area contributed by atoms with Crippen LogP contribution in [0.2, 0.25) is 10.0 Å². The van der Waals surface area contributed by atoms with Crippen molar-refractivity contribution in [2.75, 3.05) is 6.54 Å². The zero-order valence-electron chi connectivity index (χ0n) is 11.2. The van der Waals surface area contributed by atoms with Crippen molar-refractivity contribution in [3.05, 3.63) is 69.5 Å². The highest BCUT2D eigenvalue weighted by Crippen LogP contribution is 2.30. The maximum absolute atomic E-state index is 13.3. The summed E-state index contributed by atoms with van der Waals surface area (Å²) in [6.07, 6.45) is 0.996. The molecule has 0 saturated heterocycles. The molecule has 0 aliphatic heterocycles. The minimum absolute atomic E-state index is 0.0956. The zero-order chi connectivity index (χ0) is 14.5. The molecule has 0 amide bonds. The van der Waals surface area contributed by atoms with Crippen LogP contribution in [0.4, 0.5) is 4.39 Å². The van der Waals surface area contributed by atoms with Crippen LogP contribution in [-0.4, -0.2) is 6.54 Å². The third-order valence-corrected chi connectivity index (χ3v) is 3.73. The molecule has 0 aliphatic rings.